The van der Waals surface area contributed by atoms with Crippen molar-refractivity contribution in [3.8, 4) is 6.07 Å². The topological polar surface area (TPSA) is 85.7 Å². The zero-order chi connectivity index (χ0) is 11.4. The van der Waals surface area contributed by atoms with Crippen molar-refractivity contribution in [1.82, 2.24) is 20.1 Å². The Kier molecular flexibility index (Phi) is 3.39. The first-order valence-electron chi connectivity index (χ1n) is 4.58. The summed E-state index contributed by atoms with van der Waals surface area (Å²) >= 11 is 0. The molecule has 1 aromatic heterocycles. The van der Waals surface area contributed by atoms with Crippen LogP contribution >= 0.6 is 0 Å². The molecule has 0 bridgehead atoms. The maximum Gasteiger partial charge on any atom is 0.293 e. The van der Waals surface area contributed by atoms with Crippen LogP contribution in [-0.2, 0) is 0 Å². The third kappa shape index (κ3) is 2.77. The molecule has 0 aromatic carbocycles. The van der Waals surface area contributed by atoms with E-state index in [1.54, 1.807) is 20.9 Å². The van der Waals surface area contributed by atoms with Crippen molar-refractivity contribution < 1.29 is 4.79 Å². The van der Waals surface area contributed by atoms with E-state index >= 15 is 0 Å². The molecule has 0 fully saturated rings. The summed E-state index contributed by atoms with van der Waals surface area (Å²) in [6.45, 7) is 3.86. The van der Waals surface area contributed by atoms with E-state index in [1.165, 1.54) is 4.90 Å². The van der Waals surface area contributed by atoms with Crippen LogP contribution in [0.25, 0.3) is 0 Å². The SMILES string of the molecule is Cc1nc(C(=O)N(C)CC(C)C#N)n[nH]1. The first kappa shape index (κ1) is 11.2. The summed E-state index contributed by atoms with van der Waals surface area (Å²) in [6, 6.07) is 2.06. The van der Waals surface area contributed by atoms with Crippen LogP contribution in [0.3, 0.4) is 0 Å². The van der Waals surface area contributed by atoms with Crippen LogP contribution in [0, 0.1) is 24.2 Å². The number of rotatable bonds is 3. The Morgan fingerprint density at radius 3 is 2.87 bits per heavy atom. The number of nitrogens with one attached hydrogen (secondary N) is 1. The minimum absolute atomic E-state index is 0.139. The van der Waals surface area contributed by atoms with E-state index in [4.69, 9.17) is 5.26 Å². The summed E-state index contributed by atoms with van der Waals surface area (Å²) in [5, 5.41) is 15.0. The Morgan fingerprint density at radius 2 is 2.40 bits per heavy atom. The molecule has 0 spiro atoms. The van der Waals surface area contributed by atoms with Gasteiger partial charge in [-0.05, 0) is 13.8 Å². The molecule has 1 N–H and O–H groups in total. The van der Waals surface area contributed by atoms with Gasteiger partial charge in [-0.3, -0.25) is 9.89 Å². The van der Waals surface area contributed by atoms with Crippen molar-refractivity contribution in [2.45, 2.75) is 13.8 Å². The number of aryl methyl sites for hydroxylation is 1. The average Bonchev–Trinajstić information content (AvgIpc) is 2.63. The van der Waals surface area contributed by atoms with E-state index in [-0.39, 0.29) is 17.6 Å². The third-order valence-corrected chi connectivity index (χ3v) is 1.90. The number of aromatic amines is 1. The van der Waals surface area contributed by atoms with Crippen molar-refractivity contribution in [1.29, 1.82) is 5.26 Å². The van der Waals surface area contributed by atoms with Crippen LogP contribution < -0.4 is 0 Å². The smallest absolute Gasteiger partial charge is 0.293 e. The predicted octanol–water partition coefficient (Wildman–Crippen LogP) is 0.345. The highest BCUT2D eigenvalue weighted by atomic mass is 16.2. The Labute approximate surface area is 87.9 Å². The van der Waals surface area contributed by atoms with Gasteiger partial charge in [0.2, 0.25) is 5.82 Å². The predicted molar refractivity (Wildman–Crippen MR) is 52.9 cm³/mol. The monoisotopic (exact) mass is 207 g/mol. The summed E-state index contributed by atoms with van der Waals surface area (Å²) in [7, 11) is 1.63. The van der Waals surface area contributed by atoms with Gasteiger partial charge in [0.05, 0.1) is 12.0 Å². The summed E-state index contributed by atoms with van der Waals surface area (Å²) in [5.74, 6) is 0.265. The Bertz CT molecular complexity index is 391. The van der Waals surface area contributed by atoms with Gasteiger partial charge in [-0.1, -0.05) is 0 Å². The van der Waals surface area contributed by atoms with Crippen molar-refractivity contribution in [3.63, 3.8) is 0 Å². The quantitative estimate of drug-likeness (QED) is 0.774. The van der Waals surface area contributed by atoms with Gasteiger partial charge in [0.1, 0.15) is 5.82 Å². The molecule has 1 amide bonds. The molecule has 0 saturated heterocycles. The lowest BCUT2D eigenvalue weighted by Gasteiger charge is -2.15. The van der Waals surface area contributed by atoms with Gasteiger partial charge in [-0.2, -0.15) is 5.26 Å². The van der Waals surface area contributed by atoms with Gasteiger partial charge >= 0.3 is 0 Å². The van der Waals surface area contributed by atoms with E-state index in [0.29, 0.717) is 12.4 Å². The van der Waals surface area contributed by atoms with Crippen molar-refractivity contribution in [3.05, 3.63) is 11.6 Å². The summed E-state index contributed by atoms with van der Waals surface area (Å²) in [6.07, 6.45) is 0. The van der Waals surface area contributed by atoms with Crippen molar-refractivity contribution >= 4 is 5.91 Å². The van der Waals surface area contributed by atoms with Crippen LogP contribution in [0.5, 0.6) is 0 Å². The first-order chi connectivity index (χ1) is 7.04. The van der Waals surface area contributed by atoms with Crippen LogP contribution in [0.1, 0.15) is 23.4 Å². The summed E-state index contributed by atoms with van der Waals surface area (Å²) in [5.41, 5.74) is 0. The molecule has 80 valence electrons. The molecule has 1 atom stereocenters. The molecule has 0 aliphatic carbocycles. The number of hydrogen-bond donors (Lipinski definition) is 1. The van der Waals surface area contributed by atoms with Crippen LogP contribution in [0.15, 0.2) is 0 Å². The highest BCUT2D eigenvalue weighted by Crippen LogP contribution is 2.01. The molecule has 1 unspecified atom stereocenters. The lowest BCUT2D eigenvalue weighted by atomic mass is 10.2. The number of nitrogens with zero attached hydrogens (tertiary/aromatic N) is 4. The second-order valence-electron chi connectivity index (χ2n) is 3.46. The third-order valence-electron chi connectivity index (χ3n) is 1.90. The highest BCUT2D eigenvalue weighted by molar-refractivity contribution is 5.90. The fourth-order valence-electron chi connectivity index (χ4n) is 1.14. The van der Waals surface area contributed by atoms with Gasteiger partial charge in [-0.25, -0.2) is 4.98 Å². The van der Waals surface area contributed by atoms with Crippen LogP contribution in [0.4, 0.5) is 0 Å². The molecule has 0 saturated carbocycles. The molecule has 15 heavy (non-hydrogen) atoms. The van der Waals surface area contributed by atoms with Gasteiger partial charge in [0, 0.05) is 13.6 Å². The van der Waals surface area contributed by atoms with Gasteiger partial charge < -0.3 is 4.90 Å². The fraction of sp³-hybridized carbons (Fsp3) is 0.556. The van der Waals surface area contributed by atoms with Crippen molar-refractivity contribution in [2.75, 3.05) is 13.6 Å². The molecule has 6 nitrogen and oxygen atoms in total. The molecule has 1 aromatic rings. The van der Waals surface area contributed by atoms with Gasteiger partial charge in [0.25, 0.3) is 5.91 Å². The highest BCUT2D eigenvalue weighted by Gasteiger charge is 2.17. The molecule has 1 heterocycles. The number of nitriles is 1. The van der Waals surface area contributed by atoms with Crippen LogP contribution in [-0.4, -0.2) is 39.6 Å². The van der Waals surface area contributed by atoms with Crippen LogP contribution in [0.2, 0.25) is 0 Å². The Balaban J connectivity index is 2.65. The Morgan fingerprint density at radius 1 is 1.73 bits per heavy atom. The first-order valence-corrected chi connectivity index (χ1v) is 4.58. The average molecular weight is 207 g/mol. The number of H-pyrrole nitrogens is 1. The number of hydrogen-bond acceptors (Lipinski definition) is 4. The van der Waals surface area contributed by atoms with E-state index in [1.807, 2.05) is 0 Å². The second kappa shape index (κ2) is 4.55. The zero-order valence-electron chi connectivity index (χ0n) is 8.98. The minimum Gasteiger partial charge on any atom is -0.338 e. The molecular formula is C9H13N5O. The van der Waals surface area contributed by atoms with E-state index in [0.717, 1.165) is 0 Å². The number of amides is 1. The molecule has 0 aliphatic rings. The normalized spacial score (nSPS) is 11.9. The second-order valence-corrected chi connectivity index (χ2v) is 3.46. The van der Waals surface area contributed by atoms with Gasteiger partial charge in [0.15, 0.2) is 0 Å². The largest absolute Gasteiger partial charge is 0.338 e. The maximum absolute atomic E-state index is 11.7. The zero-order valence-corrected chi connectivity index (χ0v) is 8.98. The van der Waals surface area contributed by atoms with Crippen molar-refractivity contribution in [2.24, 2.45) is 5.92 Å². The van der Waals surface area contributed by atoms with E-state index in [9.17, 15) is 4.79 Å². The standard InChI is InChI=1S/C9H13N5O/c1-6(4-10)5-14(3)9(15)8-11-7(2)12-13-8/h6H,5H2,1-3H3,(H,11,12,13). The van der Waals surface area contributed by atoms with E-state index in [2.05, 4.69) is 21.3 Å². The fourth-order valence-corrected chi connectivity index (χ4v) is 1.14. The number of carbonyl (C=O) groups excluding carboxylic acids is 1. The lowest BCUT2D eigenvalue weighted by molar-refractivity contribution is 0.0773. The Hall–Kier alpha value is -1.90. The number of carbonyl (C=O) groups is 1. The summed E-state index contributed by atoms with van der Waals surface area (Å²) < 4.78 is 0. The molecule has 0 aliphatic heterocycles. The minimum atomic E-state index is -0.276. The van der Waals surface area contributed by atoms with E-state index < -0.39 is 0 Å². The molecular weight excluding hydrogens is 194 g/mol. The lowest BCUT2D eigenvalue weighted by Crippen LogP contribution is -2.31. The molecule has 0 radical (unpaired) electrons. The summed E-state index contributed by atoms with van der Waals surface area (Å²) in [4.78, 5) is 17.0. The number of aromatic nitrogens is 3. The molecule has 6 heteroatoms. The van der Waals surface area contributed by atoms with Gasteiger partial charge in [-0.15, -0.1) is 5.10 Å². The molecule has 1 rings (SSSR count). The maximum atomic E-state index is 11.7.